The van der Waals surface area contributed by atoms with Crippen molar-refractivity contribution < 1.29 is 0 Å². The molecule has 0 spiro atoms. The number of likely N-dealkylation sites (N-methyl/N-ethyl adjacent to an activating group) is 1. The van der Waals surface area contributed by atoms with Crippen LogP contribution < -0.4 is 15.5 Å². The summed E-state index contributed by atoms with van der Waals surface area (Å²) in [4.78, 5) is 9.15. The van der Waals surface area contributed by atoms with E-state index < -0.39 is 0 Å². The molecule has 0 saturated heterocycles. The first kappa shape index (κ1) is 13.9. The van der Waals surface area contributed by atoms with Crippen molar-refractivity contribution in [3.8, 4) is 0 Å². The molecule has 0 amide bonds. The number of anilines is 3. The summed E-state index contributed by atoms with van der Waals surface area (Å²) in [6.45, 7) is 4.05. The Morgan fingerprint density at radius 3 is 2.57 bits per heavy atom. The average molecular weight is 282 g/mol. The lowest BCUT2D eigenvalue weighted by atomic mass is 10.1. The molecule has 0 fully saturated rings. The van der Waals surface area contributed by atoms with Gasteiger partial charge >= 0.3 is 0 Å². The van der Waals surface area contributed by atoms with Crippen LogP contribution >= 0.6 is 0 Å². The highest BCUT2D eigenvalue weighted by atomic mass is 15.3. The Morgan fingerprint density at radius 2 is 1.90 bits per heavy atom. The molecule has 4 heteroatoms. The van der Waals surface area contributed by atoms with Gasteiger partial charge in [-0.25, -0.2) is 0 Å². The van der Waals surface area contributed by atoms with Gasteiger partial charge in [0.05, 0.1) is 29.0 Å². The number of benzene rings is 1. The molecule has 1 aliphatic rings. The van der Waals surface area contributed by atoms with Gasteiger partial charge in [0.2, 0.25) is 0 Å². The number of hydrogen-bond acceptors (Lipinski definition) is 4. The lowest BCUT2D eigenvalue weighted by molar-refractivity contribution is 0.675. The minimum absolute atomic E-state index is 0.0267. The Labute approximate surface area is 126 Å². The number of aromatic nitrogens is 1. The summed E-state index contributed by atoms with van der Waals surface area (Å²) in [5.41, 5.74) is 10.6. The van der Waals surface area contributed by atoms with Gasteiger partial charge in [0.25, 0.3) is 0 Å². The van der Waals surface area contributed by atoms with Crippen LogP contribution in [0.5, 0.6) is 0 Å². The van der Waals surface area contributed by atoms with Gasteiger partial charge in [-0.15, -0.1) is 0 Å². The van der Waals surface area contributed by atoms with Crippen molar-refractivity contribution >= 4 is 17.1 Å². The zero-order valence-electron chi connectivity index (χ0n) is 12.7. The summed E-state index contributed by atoms with van der Waals surface area (Å²) in [5.74, 6) is 0. The third-order valence-corrected chi connectivity index (χ3v) is 4.14. The maximum Gasteiger partial charge on any atom is 0.0649 e. The van der Waals surface area contributed by atoms with E-state index in [2.05, 4.69) is 59.1 Å². The summed E-state index contributed by atoms with van der Waals surface area (Å²) in [6, 6.07) is 12.7. The molecule has 0 aliphatic carbocycles. The first-order valence-corrected chi connectivity index (χ1v) is 7.50. The highest BCUT2D eigenvalue weighted by molar-refractivity contribution is 5.78. The summed E-state index contributed by atoms with van der Waals surface area (Å²) >= 11 is 0. The first-order chi connectivity index (χ1) is 10.2. The van der Waals surface area contributed by atoms with Crippen LogP contribution in [0.15, 0.2) is 42.6 Å². The van der Waals surface area contributed by atoms with E-state index in [9.17, 15) is 0 Å². The molecule has 21 heavy (non-hydrogen) atoms. The van der Waals surface area contributed by atoms with Gasteiger partial charge < -0.3 is 15.5 Å². The SMILES string of the molecule is CC[C@H](N)c1ccc(N2CCN(C)c3ccccc32)cn1. The van der Waals surface area contributed by atoms with Crippen LogP contribution in [0.1, 0.15) is 25.1 Å². The molecule has 1 aliphatic heterocycles. The largest absolute Gasteiger partial charge is 0.371 e. The second-order valence-corrected chi connectivity index (χ2v) is 5.52. The Hall–Kier alpha value is -2.07. The summed E-state index contributed by atoms with van der Waals surface area (Å²) < 4.78 is 0. The number of fused-ring (bicyclic) bond motifs is 1. The predicted octanol–water partition coefficient (Wildman–Crippen LogP) is 3.08. The summed E-state index contributed by atoms with van der Waals surface area (Å²) in [7, 11) is 2.14. The maximum atomic E-state index is 6.03. The normalized spacial score (nSPS) is 15.8. The van der Waals surface area contributed by atoms with Crippen molar-refractivity contribution in [1.29, 1.82) is 0 Å². The van der Waals surface area contributed by atoms with Crippen LogP contribution in [0.25, 0.3) is 0 Å². The number of para-hydroxylation sites is 2. The minimum atomic E-state index is 0.0267. The van der Waals surface area contributed by atoms with Crippen molar-refractivity contribution in [1.82, 2.24) is 4.98 Å². The number of pyridine rings is 1. The lowest BCUT2D eigenvalue weighted by Gasteiger charge is -2.36. The molecule has 110 valence electrons. The molecule has 0 saturated carbocycles. The van der Waals surface area contributed by atoms with Crippen LogP contribution in [-0.4, -0.2) is 25.1 Å². The highest BCUT2D eigenvalue weighted by Crippen LogP contribution is 2.36. The lowest BCUT2D eigenvalue weighted by Crippen LogP contribution is -2.36. The van der Waals surface area contributed by atoms with E-state index in [1.165, 1.54) is 11.4 Å². The fourth-order valence-electron chi connectivity index (χ4n) is 2.76. The molecule has 1 aromatic carbocycles. The van der Waals surface area contributed by atoms with Crippen molar-refractivity contribution in [2.75, 3.05) is 29.9 Å². The van der Waals surface area contributed by atoms with Crippen molar-refractivity contribution in [3.63, 3.8) is 0 Å². The molecule has 2 aromatic rings. The second-order valence-electron chi connectivity index (χ2n) is 5.52. The van der Waals surface area contributed by atoms with Gasteiger partial charge in [-0.3, -0.25) is 4.98 Å². The van der Waals surface area contributed by atoms with Crippen LogP contribution in [0.3, 0.4) is 0 Å². The summed E-state index contributed by atoms with van der Waals surface area (Å²) in [6.07, 6.45) is 2.84. The molecule has 0 unspecified atom stereocenters. The van der Waals surface area contributed by atoms with Gasteiger partial charge in [0.1, 0.15) is 0 Å². The Morgan fingerprint density at radius 1 is 1.14 bits per heavy atom. The van der Waals surface area contributed by atoms with Crippen molar-refractivity contribution in [2.24, 2.45) is 5.73 Å². The van der Waals surface area contributed by atoms with Gasteiger partial charge in [0, 0.05) is 26.2 Å². The minimum Gasteiger partial charge on any atom is -0.371 e. The third kappa shape index (κ3) is 2.59. The molecule has 0 bridgehead atoms. The van der Waals surface area contributed by atoms with E-state index >= 15 is 0 Å². The fraction of sp³-hybridized carbons (Fsp3) is 0.353. The van der Waals surface area contributed by atoms with E-state index in [-0.39, 0.29) is 6.04 Å². The molecule has 2 heterocycles. The van der Waals surface area contributed by atoms with Crippen LogP contribution in [0.2, 0.25) is 0 Å². The highest BCUT2D eigenvalue weighted by Gasteiger charge is 2.21. The first-order valence-electron chi connectivity index (χ1n) is 7.50. The van der Waals surface area contributed by atoms with Gasteiger partial charge in [-0.05, 0) is 30.7 Å². The number of nitrogens with zero attached hydrogens (tertiary/aromatic N) is 3. The van der Waals surface area contributed by atoms with E-state index in [0.717, 1.165) is 30.9 Å². The molecule has 3 rings (SSSR count). The smallest absolute Gasteiger partial charge is 0.0649 e. The molecule has 2 N–H and O–H groups in total. The number of nitrogens with two attached hydrogens (primary N) is 1. The Kier molecular flexibility index (Phi) is 3.80. The monoisotopic (exact) mass is 282 g/mol. The zero-order chi connectivity index (χ0) is 14.8. The van der Waals surface area contributed by atoms with Gasteiger partial charge in [0.15, 0.2) is 0 Å². The van der Waals surface area contributed by atoms with E-state index in [4.69, 9.17) is 5.73 Å². The summed E-state index contributed by atoms with van der Waals surface area (Å²) in [5, 5.41) is 0. The molecule has 4 nitrogen and oxygen atoms in total. The topological polar surface area (TPSA) is 45.4 Å². The molecule has 0 radical (unpaired) electrons. The van der Waals surface area contributed by atoms with Crippen molar-refractivity contribution in [2.45, 2.75) is 19.4 Å². The van der Waals surface area contributed by atoms with E-state index in [1.54, 1.807) is 0 Å². The molecule has 1 atom stereocenters. The van der Waals surface area contributed by atoms with Crippen molar-refractivity contribution in [3.05, 3.63) is 48.3 Å². The second kappa shape index (κ2) is 5.74. The zero-order valence-corrected chi connectivity index (χ0v) is 12.7. The van der Waals surface area contributed by atoms with E-state index in [0.29, 0.717) is 0 Å². The Bertz CT molecular complexity index is 608. The standard InChI is InChI=1S/C17H22N4/c1-3-14(18)15-9-8-13(12-19-15)21-11-10-20(2)16-6-4-5-7-17(16)21/h4-9,12,14H,3,10-11,18H2,1-2H3/t14-/m0/s1. The van der Waals surface area contributed by atoms with Crippen LogP contribution in [0, 0.1) is 0 Å². The quantitative estimate of drug-likeness (QED) is 0.939. The fourth-order valence-corrected chi connectivity index (χ4v) is 2.76. The van der Waals surface area contributed by atoms with Crippen LogP contribution in [0.4, 0.5) is 17.1 Å². The van der Waals surface area contributed by atoms with E-state index in [1.807, 2.05) is 12.3 Å². The average Bonchev–Trinajstić information content (AvgIpc) is 2.55. The molecular formula is C17H22N4. The Balaban J connectivity index is 1.93. The number of rotatable bonds is 3. The predicted molar refractivity (Wildman–Crippen MR) is 88.2 cm³/mol. The van der Waals surface area contributed by atoms with Gasteiger partial charge in [-0.1, -0.05) is 19.1 Å². The van der Waals surface area contributed by atoms with Gasteiger partial charge in [-0.2, -0.15) is 0 Å². The maximum absolute atomic E-state index is 6.03. The van der Waals surface area contributed by atoms with Crippen LogP contribution in [-0.2, 0) is 0 Å². The molecule has 1 aromatic heterocycles. The third-order valence-electron chi connectivity index (χ3n) is 4.14. The number of hydrogen-bond donors (Lipinski definition) is 1. The molecular weight excluding hydrogens is 260 g/mol.